The second kappa shape index (κ2) is 10.6. The van der Waals surface area contributed by atoms with Crippen LogP contribution in [0.4, 0.5) is 5.13 Å². The van der Waals surface area contributed by atoms with Gasteiger partial charge in [-0.3, -0.25) is 0 Å². The summed E-state index contributed by atoms with van der Waals surface area (Å²) in [4.78, 5) is 2.36. The molecule has 0 unspecified atom stereocenters. The summed E-state index contributed by atoms with van der Waals surface area (Å²) in [6.07, 6.45) is 8.13. The third-order valence-electron chi connectivity index (χ3n) is 6.58. The molecule has 1 spiro atoms. The van der Waals surface area contributed by atoms with Crippen molar-refractivity contribution in [2.75, 3.05) is 51.4 Å². The molecule has 7 heteroatoms. The molecule has 5 rings (SSSR count). The van der Waals surface area contributed by atoms with Crippen molar-refractivity contribution in [2.24, 2.45) is 5.41 Å². The van der Waals surface area contributed by atoms with Crippen molar-refractivity contribution < 1.29 is 9.47 Å². The van der Waals surface area contributed by atoms with Gasteiger partial charge in [0.25, 0.3) is 0 Å². The van der Waals surface area contributed by atoms with Crippen molar-refractivity contribution >= 4 is 16.5 Å². The number of benzene rings is 1. The number of ether oxygens (including phenoxy) is 2. The topological polar surface area (TPSA) is 59.5 Å². The molecule has 30 heavy (non-hydrogen) atoms. The number of hydrogen-bond donors (Lipinski definition) is 1. The van der Waals surface area contributed by atoms with E-state index in [4.69, 9.17) is 9.47 Å². The zero-order chi connectivity index (χ0) is 20.7. The molecule has 2 aromatic rings. The van der Waals surface area contributed by atoms with E-state index in [1.165, 1.54) is 57.2 Å². The number of piperidine rings is 1. The molecule has 1 aliphatic carbocycles. The summed E-state index contributed by atoms with van der Waals surface area (Å²) < 4.78 is 10.8. The van der Waals surface area contributed by atoms with Crippen molar-refractivity contribution in [1.29, 1.82) is 0 Å². The maximum Gasteiger partial charge on any atom is 0.208 e. The number of nitrogens with one attached hydrogen (secondary N) is 1. The lowest BCUT2D eigenvalue weighted by Gasteiger charge is -2.48. The fourth-order valence-electron chi connectivity index (χ4n) is 4.96. The van der Waals surface area contributed by atoms with Gasteiger partial charge < -0.3 is 19.7 Å². The SMILES string of the molecule is COCCOc1ccccc1C1CCNCC1.c1nnc(N2CC3(CCCC3)C2)s1. The predicted octanol–water partition coefficient (Wildman–Crippen LogP) is 4.10. The highest BCUT2D eigenvalue weighted by Gasteiger charge is 2.45. The third kappa shape index (κ3) is 5.31. The van der Waals surface area contributed by atoms with Crippen LogP contribution in [-0.4, -0.2) is 56.7 Å². The maximum atomic E-state index is 5.79. The molecule has 2 aliphatic heterocycles. The molecule has 164 valence electrons. The highest BCUT2D eigenvalue weighted by atomic mass is 32.1. The molecule has 0 bridgehead atoms. The van der Waals surface area contributed by atoms with Crippen molar-refractivity contribution in [3.05, 3.63) is 35.3 Å². The summed E-state index contributed by atoms with van der Waals surface area (Å²) in [5.41, 5.74) is 3.84. The minimum Gasteiger partial charge on any atom is -0.491 e. The van der Waals surface area contributed by atoms with E-state index in [2.05, 4.69) is 38.6 Å². The average molecular weight is 431 g/mol. The van der Waals surface area contributed by atoms with Gasteiger partial charge in [0.05, 0.1) is 6.61 Å². The van der Waals surface area contributed by atoms with Crippen molar-refractivity contribution in [1.82, 2.24) is 15.5 Å². The van der Waals surface area contributed by atoms with Crippen molar-refractivity contribution in [2.45, 2.75) is 44.4 Å². The standard InChI is InChI=1S/C14H21NO2.C9H13N3S/c1-16-10-11-17-14-5-3-2-4-13(14)12-6-8-15-9-7-12;1-2-4-9(3-1)5-12(6-9)8-11-10-7-13-8/h2-5,12,15H,6-11H2,1H3;7H,1-6H2. The van der Waals surface area contributed by atoms with Gasteiger partial charge in [0.2, 0.25) is 5.13 Å². The lowest BCUT2D eigenvalue weighted by molar-refractivity contribution is 0.145. The normalized spacial score (nSPS) is 20.5. The maximum absolute atomic E-state index is 5.79. The number of nitrogens with zero attached hydrogens (tertiary/aromatic N) is 3. The minimum atomic E-state index is 0.623. The van der Waals surface area contributed by atoms with Gasteiger partial charge in [0, 0.05) is 25.6 Å². The largest absolute Gasteiger partial charge is 0.491 e. The van der Waals surface area contributed by atoms with E-state index >= 15 is 0 Å². The minimum absolute atomic E-state index is 0.623. The first kappa shape index (κ1) is 21.5. The van der Waals surface area contributed by atoms with Gasteiger partial charge in [-0.05, 0) is 56.3 Å². The Kier molecular flexibility index (Phi) is 7.57. The highest BCUT2D eigenvalue weighted by molar-refractivity contribution is 7.13. The molecule has 0 radical (unpaired) electrons. The Hall–Kier alpha value is -1.70. The van der Waals surface area contributed by atoms with Gasteiger partial charge in [-0.1, -0.05) is 42.4 Å². The van der Waals surface area contributed by atoms with Gasteiger partial charge in [-0.2, -0.15) is 0 Å². The zero-order valence-corrected chi connectivity index (χ0v) is 18.8. The second-order valence-electron chi connectivity index (χ2n) is 8.69. The molecule has 1 saturated carbocycles. The van der Waals surface area contributed by atoms with Gasteiger partial charge in [-0.25, -0.2) is 0 Å². The van der Waals surface area contributed by atoms with Crippen LogP contribution in [0, 0.1) is 5.41 Å². The zero-order valence-electron chi connectivity index (χ0n) is 18.0. The molecule has 3 fully saturated rings. The van der Waals surface area contributed by atoms with Gasteiger partial charge in [0.15, 0.2) is 0 Å². The molecule has 3 aliphatic rings. The summed E-state index contributed by atoms with van der Waals surface area (Å²) in [5.74, 6) is 1.66. The number of anilines is 1. The second-order valence-corrected chi connectivity index (χ2v) is 9.50. The van der Waals surface area contributed by atoms with Crippen LogP contribution in [0.1, 0.15) is 50.0 Å². The fraction of sp³-hybridized carbons (Fsp3) is 0.652. The molecule has 2 saturated heterocycles. The molecule has 1 N–H and O–H groups in total. The van der Waals surface area contributed by atoms with Gasteiger partial charge >= 0.3 is 0 Å². The average Bonchev–Trinajstić information content (AvgIpc) is 3.47. The number of para-hydroxylation sites is 1. The van der Waals surface area contributed by atoms with Crippen LogP contribution in [0.2, 0.25) is 0 Å². The molecule has 3 heterocycles. The van der Waals surface area contributed by atoms with Gasteiger partial charge in [0.1, 0.15) is 17.9 Å². The molecule has 0 atom stereocenters. The first-order valence-electron chi connectivity index (χ1n) is 11.2. The van der Waals surface area contributed by atoms with Crippen molar-refractivity contribution in [3.8, 4) is 5.75 Å². The quantitative estimate of drug-likeness (QED) is 0.697. The summed E-state index contributed by atoms with van der Waals surface area (Å²) in [6.45, 7) is 5.93. The van der Waals surface area contributed by atoms with Crippen LogP contribution in [0.5, 0.6) is 5.75 Å². The first-order chi connectivity index (χ1) is 14.8. The summed E-state index contributed by atoms with van der Waals surface area (Å²) in [5, 5.41) is 12.5. The van der Waals surface area contributed by atoms with E-state index in [0.29, 0.717) is 24.5 Å². The van der Waals surface area contributed by atoms with E-state index in [9.17, 15) is 0 Å². The summed E-state index contributed by atoms with van der Waals surface area (Å²) in [7, 11) is 1.70. The summed E-state index contributed by atoms with van der Waals surface area (Å²) in [6, 6.07) is 8.39. The van der Waals surface area contributed by atoms with E-state index < -0.39 is 0 Å². The number of methoxy groups -OCH3 is 1. The molecular weight excluding hydrogens is 396 g/mol. The molecule has 1 aromatic heterocycles. The smallest absolute Gasteiger partial charge is 0.208 e. The van der Waals surface area contributed by atoms with Crippen LogP contribution >= 0.6 is 11.3 Å². The number of hydrogen-bond acceptors (Lipinski definition) is 7. The monoisotopic (exact) mass is 430 g/mol. The Bertz CT molecular complexity index is 750. The predicted molar refractivity (Wildman–Crippen MR) is 122 cm³/mol. The molecule has 6 nitrogen and oxygen atoms in total. The highest BCUT2D eigenvalue weighted by Crippen LogP contribution is 2.46. The van der Waals surface area contributed by atoms with E-state index in [0.717, 1.165) is 24.0 Å². The van der Waals surface area contributed by atoms with E-state index in [1.54, 1.807) is 18.4 Å². The Balaban J connectivity index is 0.000000150. The Morgan fingerprint density at radius 3 is 2.60 bits per heavy atom. The van der Waals surface area contributed by atoms with Crippen LogP contribution in [0.3, 0.4) is 0 Å². The van der Waals surface area contributed by atoms with Gasteiger partial charge in [-0.15, -0.1) is 10.2 Å². The Morgan fingerprint density at radius 1 is 1.13 bits per heavy atom. The Labute approximate surface area is 184 Å². The first-order valence-corrected chi connectivity index (χ1v) is 12.1. The Morgan fingerprint density at radius 2 is 1.90 bits per heavy atom. The molecule has 0 amide bonds. The summed E-state index contributed by atoms with van der Waals surface area (Å²) >= 11 is 1.65. The third-order valence-corrected chi connectivity index (χ3v) is 7.33. The van der Waals surface area contributed by atoms with Crippen LogP contribution in [-0.2, 0) is 4.74 Å². The number of aromatic nitrogens is 2. The van der Waals surface area contributed by atoms with Crippen LogP contribution in [0.25, 0.3) is 0 Å². The molecular formula is C23H34N4O2S. The fourth-order valence-corrected chi connectivity index (χ4v) is 5.52. The van der Waals surface area contributed by atoms with Crippen molar-refractivity contribution in [3.63, 3.8) is 0 Å². The number of rotatable bonds is 6. The molecule has 1 aromatic carbocycles. The van der Waals surface area contributed by atoms with E-state index in [1.807, 2.05) is 11.6 Å². The lowest BCUT2D eigenvalue weighted by Crippen LogP contribution is -2.55. The lowest BCUT2D eigenvalue weighted by atomic mass is 9.79. The van der Waals surface area contributed by atoms with Crippen LogP contribution in [0.15, 0.2) is 29.8 Å². The van der Waals surface area contributed by atoms with Crippen LogP contribution < -0.4 is 15.0 Å². The van der Waals surface area contributed by atoms with E-state index in [-0.39, 0.29) is 0 Å².